The molecule has 0 aliphatic carbocycles. The molecule has 4 nitrogen and oxygen atoms in total. The molecule has 2 aromatic heterocycles. The number of thiazole rings is 1. The van der Waals surface area contributed by atoms with Gasteiger partial charge in [0.25, 0.3) is 0 Å². The Kier molecular flexibility index (Phi) is 6.26. The molecule has 0 N–H and O–H groups in total. The Morgan fingerprint density at radius 2 is 2.04 bits per heavy atom. The molecule has 3 rings (SSSR count). The van der Waals surface area contributed by atoms with Gasteiger partial charge in [0, 0.05) is 22.2 Å². The van der Waals surface area contributed by atoms with Crippen molar-refractivity contribution in [2.45, 2.75) is 13.8 Å². The van der Waals surface area contributed by atoms with Gasteiger partial charge in [0.05, 0.1) is 28.7 Å². The summed E-state index contributed by atoms with van der Waals surface area (Å²) < 4.78 is 1.80. The summed E-state index contributed by atoms with van der Waals surface area (Å²) in [6.07, 6.45) is 1.75. The van der Waals surface area contributed by atoms with Crippen molar-refractivity contribution in [3.63, 3.8) is 0 Å². The van der Waals surface area contributed by atoms with Crippen LogP contribution in [0.1, 0.15) is 19.5 Å². The third-order valence-corrected chi connectivity index (χ3v) is 5.06. The third kappa shape index (κ3) is 4.75. The van der Waals surface area contributed by atoms with E-state index in [1.165, 1.54) is 11.3 Å². The van der Waals surface area contributed by atoms with Gasteiger partial charge in [-0.25, -0.2) is 4.68 Å². The number of rotatable bonds is 5. The Bertz CT molecular complexity index is 1070. The van der Waals surface area contributed by atoms with E-state index in [-0.39, 0.29) is 0 Å². The van der Waals surface area contributed by atoms with Crippen LogP contribution in [-0.4, -0.2) is 21.9 Å². The molecule has 2 heterocycles. The van der Waals surface area contributed by atoms with Crippen molar-refractivity contribution < 1.29 is 0 Å². The number of halogens is 2. The van der Waals surface area contributed by atoms with E-state index in [9.17, 15) is 0 Å². The van der Waals surface area contributed by atoms with Gasteiger partial charge in [-0.2, -0.15) is 5.10 Å². The van der Waals surface area contributed by atoms with E-state index in [1.54, 1.807) is 16.9 Å². The van der Waals surface area contributed by atoms with E-state index in [1.807, 2.05) is 49.6 Å². The highest BCUT2D eigenvalue weighted by Gasteiger charge is 2.12. The summed E-state index contributed by atoms with van der Waals surface area (Å²) in [5.74, 6) is 0. The van der Waals surface area contributed by atoms with Crippen LogP contribution in [-0.2, 0) is 0 Å². The molecule has 0 saturated heterocycles. The van der Waals surface area contributed by atoms with Crippen LogP contribution in [0.3, 0.4) is 0 Å². The smallest absolute Gasteiger partial charge is 0.206 e. The molecule has 0 radical (unpaired) electrons. The highest BCUT2D eigenvalue weighted by molar-refractivity contribution is 7.07. The van der Waals surface area contributed by atoms with Crippen LogP contribution in [0, 0.1) is 0 Å². The summed E-state index contributed by atoms with van der Waals surface area (Å²) in [7, 11) is 0. The maximum Gasteiger partial charge on any atom is 0.206 e. The van der Waals surface area contributed by atoms with Crippen molar-refractivity contribution in [1.82, 2.24) is 9.66 Å². The fraction of sp³-hybridized carbons (Fsp3) is 0.150. The molecule has 138 valence electrons. The van der Waals surface area contributed by atoms with Crippen molar-refractivity contribution in [3.8, 4) is 11.3 Å². The van der Waals surface area contributed by atoms with Crippen molar-refractivity contribution in [2.24, 2.45) is 10.1 Å². The summed E-state index contributed by atoms with van der Waals surface area (Å²) in [5.41, 5.74) is 4.24. The molecule has 0 bridgehead atoms. The lowest BCUT2D eigenvalue weighted by atomic mass is 10.2. The lowest BCUT2D eigenvalue weighted by Crippen LogP contribution is -2.15. The minimum absolute atomic E-state index is 0.534. The monoisotopic (exact) mass is 416 g/mol. The maximum atomic E-state index is 6.43. The van der Waals surface area contributed by atoms with Crippen LogP contribution in [0.5, 0.6) is 0 Å². The Labute approximate surface area is 172 Å². The number of nitrogens with zero attached hydrogens (tertiary/aromatic N) is 4. The second kappa shape index (κ2) is 8.65. The van der Waals surface area contributed by atoms with Gasteiger partial charge in [-0.3, -0.25) is 9.98 Å². The molecule has 1 aromatic carbocycles. The quantitative estimate of drug-likeness (QED) is 0.390. The van der Waals surface area contributed by atoms with E-state index >= 15 is 0 Å². The van der Waals surface area contributed by atoms with Gasteiger partial charge >= 0.3 is 0 Å². The zero-order chi connectivity index (χ0) is 19.4. The molecule has 0 fully saturated rings. The second-order valence-corrected chi connectivity index (χ2v) is 7.69. The van der Waals surface area contributed by atoms with Gasteiger partial charge < -0.3 is 0 Å². The summed E-state index contributed by atoms with van der Waals surface area (Å²) in [6, 6.07) is 11.2. The maximum absolute atomic E-state index is 6.43. The minimum Gasteiger partial charge on any atom is -0.255 e. The van der Waals surface area contributed by atoms with E-state index < -0.39 is 0 Å². The van der Waals surface area contributed by atoms with Gasteiger partial charge in [0.2, 0.25) is 4.80 Å². The fourth-order valence-electron chi connectivity index (χ4n) is 2.37. The summed E-state index contributed by atoms with van der Waals surface area (Å²) in [6.45, 7) is 8.32. The number of hydrogen-bond donors (Lipinski definition) is 0. The molecule has 0 atom stereocenters. The summed E-state index contributed by atoms with van der Waals surface area (Å²) >= 11 is 14.0. The molecule has 0 spiro atoms. The standard InChI is InChI=1S/C20H18Cl2N4S/c1-13(2)11-24-20-26(25-14(3)18-6-4-5-9-23-18)19(12-27-20)16-8-7-15(21)10-17(16)22/h4-10,12H,1,11H2,2-3H3. The van der Waals surface area contributed by atoms with Crippen molar-refractivity contribution in [2.75, 3.05) is 6.54 Å². The Morgan fingerprint density at radius 3 is 2.70 bits per heavy atom. The molecule has 0 aliphatic heterocycles. The predicted molar refractivity (Wildman–Crippen MR) is 115 cm³/mol. The van der Waals surface area contributed by atoms with Crippen LogP contribution >= 0.6 is 34.5 Å². The van der Waals surface area contributed by atoms with E-state index in [0.717, 1.165) is 33.0 Å². The van der Waals surface area contributed by atoms with Gasteiger partial charge in [0.1, 0.15) is 0 Å². The summed E-state index contributed by atoms with van der Waals surface area (Å²) in [5, 5.41) is 7.91. The number of benzene rings is 1. The lowest BCUT2D eigenvalue weighted by Gasteiger charge is -2.08. The third-order valence-electron chi connectivity index (χ3n) is 3.66. The molecule has 0 saturated carbocycles. The normalized spacial score (nSPS) is 12.4. The average molecular weight is 417 g/mol. The van der Waals surface area contributed by atoms with E-state index in [4.69, 9.17) is 28.3 Å². The summed E-state index contributed by atoms with van der Waals surface area (Å²) in [4.78, 5) is 9.76. The number of aromatic nitrogens is 2. The van der Waals surface area contributed by atoms with Gasteiger partial charge in [-0.15, -0.1) is 11.3 Å². The molecular formula is C20H18Cl2N4S. The van der Waals surface area contributed by atoms with Gasteiger partial charge in [-0.1, -0.05) is 41.4 Å². The highest BCUT2D eigenvalue weighted by atomic mass is 35.5. The van der Waals surface area contributed by atoms with E-state index in [2.05, 4.69) is 16.6 Å². The first-order valence-electron chi connectivity index (χ1n) is 8.23. The molecule has 3 aromatic rings. The topological polar surface area (TPSA) is 42.5 Å². The molecular weight excluding hydrogens is 399 g/mol. The Morgan fingerprint density at radius 1 is 1.22 bits per heavy atom. The first-order chi connectivity index (χ1) is 13.0. The lowest BCUT2D eigenvalue weighted by molar-refractivity contribution is 0.829. The van der Waals surface area contributed by atoms with Crippen LogP contribution in [0.2, 0.25) is 10.0 Å². The van der Waals surface area contributed by atoms with Gasteiger partial charge in [0.15, 0.2) is 0 Å². The minimum atomic E-state index is 0.534. The van der Waals surface area contributed by atoms with Crippen LogP contribution in [0.15, 0.2) is 70.2 Å². The molecule has 0 aliphatic rings. The Balaban J connectivity index is 2.18. The van der Waals surface area contributed by atoms with Crippen molar-refractivity contribution in [1.29, 1.82) is 0 Å². The largest absolute Gasteiger partial charge is 0.255 e. The molecule has 27 heavy (non-hydrogen) atoms. The molecule has 7 heteroatoms. The molecule has 0 unspecified atom stereocenters. The van der Waals surface area contributed by atoms with Crippen molar-refractivity contribution >= 4 is 40.3 Å². The molecule has 0 amide bonds. The zero-order valence-electron chi connectivity index (χ0n) is 15.0. The Hall–Kier alpha value is -2.21. The van der Waals surface area contributed by atoms with Crippen LogP contribution in [0.25, 0.3) is 11.3 Å². The van der Waals surface area contributed by atoms with Gasteiger partial charge in [-0.05, 0) is 44.2 Å². The predicted octanol–water partition coefficient (Wildman–Crippen LogP) is 5.67. The highest BCUT2D eigenvalue weighted by Crippen LogP contribution is 2.30. The fourth-order valence-corrected chi connectivity index (χ4v) is 3.69. The first kappa shape index (κ1) is 19.5. The van der Waals surface area contributed by atoms with E-state index in [0.29, 0.717) is 16.6 Å². The zero-order valence-corrected chi connectivity index (χ0v) is 17.3. The van der Waals surface area contributed by atoms with Crippen molar-refractivity contribution in [3.05, 3.63) is 80.7 Å². The van der Waals surface area contributed by atoms with Crippen LogP contribution in [0.4, 0.5) is 0 Å². The second-order valence-electron chi connectivity index (χ2n) is 6.01. The average Bonchev–Trinajstić information content (AvgIpc) is 3.03. The number of hydrogen-bond acceptors (Lipinski definition) is 4. The van der Waals surface area contributed by atoms with Crippen LogP contribution < -0.4 is 4.80 Å². The number of pyridine rings is 1. The SMILES string of the molecule is C=C(C)CN=c1scc(-c2ccc(Cl)cc2Cl)n1N=C(C)c1ccccn1. The first-order valence-corrected chi connectivity index (χ1v) is 9.87.